The van der Waals surface area contributed by atoms with E-state index in [1.807, 2.05) is 65.0 Å². The van der Waals surface area contributed by atoms with E-state index in [-0.39, 0.29) is 17.9 Å². The molecule has 0 bridgehead atoms. The van der Waals surface area contributed by atoms with Crippen molar-refractivity contribution >= 4 is 27.3 Å². The Morgan fingerprint density at radius 1 is 1.07 bits per heavy atom. The van der Waals surface area contributed by atoms with E-state index in [0.717, 1.165) is 22.9 Å². The van der Waals surface area contributed by atoms with Crippen LogP contribution >= 0.6 is 0 Å². The van der Waals surface area contributed by atoms with Crippen molar-refractivity contribution in [3.05, 3.63) is 59.2 Å². The van der Waals surface area contributed by atoms with Gasteiger partial charge in [0, 0.05) is 5.69 Å². The van der Waals surface area contributed by atoms with Gasteiger partial charge in [0.1, 0.15) is 6.54 Å². The van der Waals surface area contributed by atoms with Crippen molar-refractivity contribution in [2.45, 2.75) is 40.0 Å². The molecular weight excluding hydrogens is 360 g/mol. The number of nitrogens with one attached hydrogen (secondary N) is 1. The molecule has 0 unspecified atom stereocenters. The lowest BCUT2D eigenvalue weighted by Gasteiger charge is -2.29. The Kier molecular flexibility index (Phi) is 6.00. The Balaban J connectivity index is 2.36. The molecule has 0 aliphatic rings. The summed E-state index contributed by atoms with van der Waals surface area (Å²) in [6.45, 7) is 9.66. The lowest BCUT2D eigenvalue weighted by molar-refractivity contribution is -0.114. The minimum Gasteiger partial charge on any atom is -0.324 e. The molecule has 0 atom stereocenters. The van der Waals surface area contributed by atoms with Gasteiger partial charge < -0.3 is 5.32 Å². The Hall–Kier alpha value is -2.34. The molecule has 2 aromatic carbocycles. The third-order valence-corrected chi connectivity index (χ3v) is 5.45. The number of benzene rings is 2. The normalized spacial score (nSPS) is 11.9. The van der Waals surface area contributed by atoms with E-state index in [1.165, 1.54) is 4.31 Å². The minimum absolute atomic E-state index is 0.260. The molecule has 146 valence electrons. The number of hydrogen-bond donors (Lipinski definition) is 1. The van der Waals surface area contributed by atoms with Gasteiger partial charge >= 0.3 is 0 Å². The van der Waals surface area contributed by atoms with Gasteiger partial charge in [-0.1, -0.05) is 56.7 Å². The highest BCUT2D eigenvalue weighted by Gasteiger charge is 2.27. The van der Waals surface area contributed by atoms with Gasteiger partial charge in [-0.2, -0.15) is 0 Å². The number of carbonyl (C=O) groups is 1. The Bertz CT molecular complexity index is 944. The molecule has 0 aromatic heterocycles. The number of amides is 1. The second-order valence-corrected chi connectivity index (χ2v) is 9.81. The third kappa shape index (κ3) is 5.32. The summed E-state index contributed by atoms with van der Waals surface area (Å²) in [5.74, 6) is -0.379. The van der Waals surface area contributed by atoms with E-state index in [0.29, 0.717) is 11.4 Å². The predicted molar refractivity (Wildman–Crippen MR) is 112 cm³/mol. The fourth-order valence-electron chi connectivity index (χ4n) is 2.98. The lowest BCUT2D eigenvalue weighted by atomic mass is 9.86. The zero-order valence-electron chi connectivity index (χ0n) is 16.8. The maximum Gasteiger partial charge on any atom is 0.245 e. The highest BCUT2D eigenvalue weighted by atomic mass is 32.2. The van der Waals surface area contributed by atoms with Crippen LogP contribution in [0.25, 0.3) is 0 Å². The first kappa shape index (κ1) is 21.0. The highest BCUT2D eigenvalue weighted by Crippen LogP contribution is 2.33. The first-order valence-corrected chi connectivity index (χ1v) is 10.7. The zero-order valence-corrected chi connectivity index (χ0v) is 17.6. The SMILES string of the molecule is Cc1ccc(NC(=O)CN(c2ccccc2C(C)(C)C)S(C)(=O)=O)c(C)c1. The van der Waals surface area contributed by atoms with Crippen molar-refractivity contribution in [1.29, 1.82) is 0 Å². The standard InChI is InChI=1S/C21H28N2O3S/c1-15-11-12-18(16(2)13-15)22-20(24)14-23(27(6,25)26)19-10-8-7-9-17(19)21(3,4)5/h7-13H,14H2,1-6H3,(H,22,24). The summed E-state index contributed by atoms with van der Waals surface area (Å²) in [5.41, 5.74) is 3.86. The fraction of sp³-hybridized carbons (Fsp3) is 0.381. The minimum atomic E-state index is -3.63. The molecule has 1 amide bonds. The summed E-state index contributed by atoms with van der Waals surface area (Å²) in [5, 5.41) is 2.82. The van der Waals surface area contributed by atoms with Crippen molar-refractivity contribution in [2.75, 3.05) is 22.4 Å². The predicted octanol–water partition coefficient (Wildman–Crippen LogP) is 4.01. The molecule has 27 heavy (non-hydrogen) atoms. The van der Waals surface area contributed by atoms with E-state index in [2.05, 4.69) is 5.32 Å². The molecule has 0 aliphatic carbocycles. The van der Waals surface area contributed by atoms with Gasteiger partial charge in [0.25, 0.3) is 0 Å². The molecule has 0 spiro atoms. The zero-order chi connectivity index (χ0) is 20.4. The van der Waals surface area contributed by atoms with Crippen LogP contribution in [0.1, 0.15) is 37.5 Å². The molecule has 0 saturated heterocycles. The number of para-hydroxylation sites is 1. The van der Waals surface area contributed by atoms with Gasteiger partial charge in [-0.15, -0.1) is 0 Å². The Morgan fingerprint density at radius 2 is 1.70 bits per heavy atom. The molecule has 1 N–H and O–H groups in total. The molecular formula is C21H28N2O3S. The van der Waals surface area contributed by atoms with Crippen LogP contribution in [-0.2, 0) is 20.2 Å². The third-order valence-electron chi connectivity index (χ3n) is 4.32. The van der Waals surface area contributed by atoms with E-state index < -0.39 is 10.0 Å². The average Bonchev–Trinajstić information content (AvgIpc) is 2.53. The highest BCUT2D eigenvalue weighted by molar-refractivity contribution is 7.92. The average molecular weight is 389 g/mol. The largest absolute Gasteiger partial charge is 0.324 e. The molecule has 0 fully saturated rings. The molecule has 0 radical (unpaired) electrons. The number of carbonyl (C=O) groups excluding carboxylic acids is 1. The van der Waals surface area contributed by atoms with Gasteiger partial charge in [0.05, 0.1) is 11.9 Å². The summed E-state index contributed by atoms with van der Waals surface area (Å²) >= 11 is 0. The smallest absolute Gasteiger partial charge is 0.245 e. The maximum atomic E-state index is 12.6. The van der Waals surface area contributed by atoms with E-state index in [9.17, 15) is 13.2 Å². The Morgan fingerprint density at radius 3 is 2.26 bits per heavy atom. The lowest BCUT2D eigenvalue weighted by Crippen LogP contribution is -2.38. The van der Waals surface area contributed by atoms with Gasteiger partial charge in [-0.25, -0.2) is 8.42 Å². The van der Waals surface area contributed by atoms with Crippen molar-refractivity contribution in [3.8, 4) is 0 Å². The van der Waals surface area contributed by atoms with E-state index >= 15 is 0 Å². The first-order valence-electron chi connectivity index (χ1n) is 8.84. The summed E-state index contributed by atoms with van der Waals surface area (Å²) in [4.78, 5) is 12.6. The number of aryl methyl sites for hydroxylation is 2. The first-order chi connectivity index (χ1) is 12.4. The molecule has 0 saturated carbocycles. The number of rotatable bonds is 5. The van der Waals surface area contributed by atoms with Crippen LogP contribution in [0.15, 0.2) is 42.5 Å². The number of anilines is 2. The second-order valence-electron chi connectivity index (χ2n) is 7.90. The van der Waals surface area contributed by atoms with Crippen LogP contribution in [0.4, 0.5) is 11.4 Å². The maximum absolute atomic E-state index is 12.6. The summed E-state index contributed by atoms with van der Waals surface area (Å²) in [6, 6.07) is 13.0. The van der Waals surface area contributed by atoms with Gasteiger partial charge in [-0.3, -0.25) is 9.10 Å². The molecule has 2 rings (SSSR count). The fourth-order valence-corrected chi connectivity index (χ4v) is 3.85. The molecule has 5 nitrogen and oxygen atoms in total. The van der Waals surface area contributed by atoms with E-state index in [1.54, 1.807) is 12.1 Å². The van der Waals surface area contributed by atoms with E-state index in [4.69, 9.17) is 0 Å². The number of sulfonamides is 1. The summed E-state index contributed by atoms with van der Waals surface area (Å²) < 4.78 is 26.1. The second kappa shape index (κ2) is 7.72. The molecule has 6 heteroatoms. The van der Waals surface area contributed by atoms with Crippen LogP contribution in [0, 0.1) is 13.8 Å². The van der Waals surface area contributed by atoms with Crippen LogP contribution in [0.5, 0.6) is 0 Å². The summed E-state index contributed by atoms with van der Waals surface area (Å²) in [6.07, 6.45) is 1.12. The van der Waals surface area contributed by atoms with Crippen molar-refractivity contribution < 1.29 is 13.2 Å². The van der Waals surface area contributed by atoms with Gasteiger partial charge in [0.15, 0.2) is 0 Å². The van der Waals surface area contributed by atoms with Crippen LogP contribution < -0.4 is 9.62 Å². The van der Waals surface area contributed by atoms with Crippen molar-refractivity contribution in [1.82, 2.24) is 0 Å². The molecule has 0 aliphatic heterocycles. The van der Waals surface area contributed by atoms with Gasteiger partial charge in [0.2, 0.25) is 15.9 Å². The number of nitrogens with zero attached hydrogens (tertiary/aromatic N) is 1. The molecule has 0 heterocycles. The van der Waals surface area contributed by atoms with Crippen LogP contribution in [0.2, 0.25) is 0 Å². The van der Waals surface area contributed by atoms with Crippen LogP contribution in [0.3, 0.4) is 0 Å². The summed E-state index contributed by atoms with van der Waals surface area (Å²) in [7, 11) is -3.63. The number of hydrogen-bond acceptors (Lipinski definition) is 3. The van der Waals surface area contributed by atoms with Crippen molar-refractivity contribution in [3.63, 3.8) is 0 Å². The molecule has 2 aromatic rings. The Labute approximate surface area is 162 Å². The van der Waals surface area contributed by atoms with Gasteiger partial charge in [-0.05, 0) is 42.5 Å². The monoisotopic (exact) mass is 388 g/mol. The van der Waals surface area contributed by atoms with Crippen LogP contribution in [-0.4, -0.2) is 27.1 Å². The van der Waals surface area contributed by atoms with Crippen molar-refractivity contribution in [2.24, 2.45) is 0 Å². The quantitative estimate of drug-likeness (QED) is 0.842. The topological polar surface area (TPSA) is 66.5 Å².